The number of β-lactam (4-membered cyclic amide) rings is 1. The number of nitrogen functional groups attached to an aromatic ring is 1. The van der Waals surface area contributed by atoms with E-state index >= 15 is 0 Å². The highest BCUT2D eigenvalue weighted by molar-refractivity contribution is 8.00. The maximum Gasteiger partial charge on any atom is 0.352 e. The molecule has 15 nitrogen and oxygen atoms in total. The summed E-state index contributed by atoms with van der Waals surface area (Å²) in [5.41, 5.74) is 7.24. The number of aliphatic carboxylic acids is 2. The number of carboxylic acids is 2. The molecule has 218 valence electrons. The van der Waals surface area contributed by atoms with E-state index in [0.717, 1.165) is 27.4 Å². The van der Waals surface area contributed by atoms with Gasteiger partial charge in [-0.3, -0.25) is 19.6 Å². The number of nitrogens with two attached hydrogens (primary N) is 1. The lowest BCUT2D eigenvalue weighted by atomic mass is 10.0. The number of fused-ring (bicyclic) bond motifs is 1. The number of aromatic amines is 1. The Hall–Kier alpha value is -4.48. The van der Waals surface area contributed by atoms with E-state index in [1.165, 1.54) is 18.7 Å². The first-order valence-electron chi connectivity index (χ1n) is 12.1. The molecule has 0 bridgehead atoms. The van der Waals surface area contributed by atoms with Crippen LogP contribution in [0.4, 0.5) is 5.13 Å². The molecule has 2 aliphatic heterocycles. The summed E-state index contributed by atoms with van der Waals surface area (Å²) < 4.78 is 1.80. The van der Waals surface area contributed by atoms with Crippen LogP contribution in [0.15, 0.2) is 53.3 Å². The molecule has 2 amide bonds. The molecule has 5 heterocycles. The Morgan fingerprint density at radius 3 is 2.67 bits per heavy atom. The van der Waals surface area contributed by atoms with Gasteiger partial charge in [0.1, 0.15) is 27.1 Å². The van der Waals surface area contributed by atoms with Gasteiger partial charge in [-0.05, 0) is 12.5 Å². The van der Waals surface area contributed by atoms with E-state index in [0.29, 0.717) is 5.57 Å². The van der Waals surface area contributed by atoms with Gasteiger partial charge in [0.15, 0.2) is 29.8 Å². The zero-order chi connectivity index (χ0) is 30.1. The van der Waals surface area contributed by atoms with Crippen LogP contribution in [0.25, 0.3) is 11.1 Å². The second kappa shape index (κ2) is 11.8. The fourth-order valence-electron chi connectivity index (χ4n) is 4.23. The van der Waals surface area contributed by atoms with Gasteiger partial charge in [0.25, 0.3) is 11.8 Å². The number of carbonyl (C=O) groups excluding carboxylic acids is 2. The summed E-state index contributed by atoms with van der Waals surface area (Å²) in [7, 11) is 0. The van der Waals surface area contributed by atoms with Crippen molar-refractivity contribution in [3.05, 3.63) is 58.2 Å². The molecule has 2 aliphatic rings. The van der Waals surface area contributed by atoms with Crippen molar-refractivity contribution >= 4 is 69.3 Å². The highest BCUT2D eigenvalue weighted by atomic mass is 35.5. The minimum atomic E-state index is -1.40. The van der Waals surface area contributed by atoms with E-state index in [1.807, 2.05) is 12.1 Å². The topological polar surface area (TPSA) is 217 Å². The number of thiazole rings is 1. The van der Waals surface area contributed by atoms with E-state index in [4.69, 9.17) is 27.3 Å². The molecule has 5 rings (SSSR count). The molecule has 0 saturated carbocycles. The van der Waals surface area contributed by atoms with Crippen LogP contribution in [-0.4, -0.2) is 83.0 Å². The number of nitrogens with zero attached hydrogens (tertiary/aromatic N) is 5. The van der Waals surface area contributed by atoms with Crippen LogP contribution >= 0.6 is 34.7 Å². The van der Waals surface area contributed by atoms with Gasteiger partial charge in [-0.25, -0.2) is 19.1 Å². The van der Waals surface area contributed by atoms with Crippen molar-refractivity contribution in [2.24, 2.45) is 5.16 Å². The number of rotatable bonds is 10. The second-order valence-electron chi connectivity index (χ2n) is 9.06. The number of amides is 2. The molecule has 3 atom stereocenters. The van der Waals surface area contributed by atoms with Crippen molar-refractivity contribution in [2.75, 3.05) is 11.5 Å². The minimum Gasteiger partial charge on any atom is -0.478 e. The molecule has 0 aliphatic carbocycles. The van der Waals surface area contributed by atoms with Crippen LogP contribution in [0.5, 0.6) is 0 Å². The number of halogens is 1. The van der Waals surface area contributed by atoms with Crippen molar-refractivity contribution in [2.45, 2.75) is 31.0 Å². The number of anilines is 1. The van der Waals surface area contributed by atoms with Gasteiger partial charge in [-0.15, -0.1) is 11.8 Å². The lowest BCUT2D eigenvalue weighted by Gasteiger charge is -2.49. The van der Waals surface area contributed by atoms with Crippen molar-refractivity contribution < 1.29 is 38.8 Å². The largest absolute Gasteiger partial charge is 0.478 e. The van der Waals surface area contributed by atoms with E-state index in [-0.39, 0.29) is 33.2 Å². The number of thioether (sulfide) groups is 1. The van der Waals surface area contributed by atoms with E-state index in [1.54, 1.807) is 29.4 Å². The van der Waals surface area contributed by atoms with Gasteiger partial charge in [0.2, 0.25) is 6.10 Å². The number of carbonyl (C=O) groups is 4. The summed E-state index contributed by atoms with van der Waals surface area (Å²) in [6.07, 6.45) is 5.65. The molecule has 42 heavy (non-hydrogen) atoms. The van der Waals surface area contributed by atoms with Crippen LogP contribution in [0.1, 0.15) is 12.6 Å². The minimum absolute atomic E-state index is 0.00220. The average Bonchev–Trinajstić information content (AvgIpc) is 3.61. The number of oxime groups is 1. The third-order valence-electron chi connectivity index (χ3n) is 6.32. The lowest BCUT2D eigenvalue weighted by Crippen LogP contribution is -2.71. The molecular formula is C24H22ClN8O7S2+. The number of nitrogens with one attached hydrogen (secondary N) is 2. The Balaban J connectivity index is 1.34. The first-order chi connectivity index (χ1) is 20.0. The Morgan fingerprint density at radius 2 is 2.07 bits per heavy atom. The quantitative estimate of drug-likeness (QED) is 0.0905. The fourth-order valence-corrected chi connectivity index (χ4v) is 6.49. The third-order valence-corrected chi connectivity index (χ3v) is 8.75. The van der Waals surface area contributed by atoms with Gasteiger partial charge in [-0.2, -0.15) is 5.10 Å². The summed E-state index contributed by atoms with van der Waals surface area (Å²) in [5.74, 6) is -3.89. The molecule has 0 radical (unpaired) electrons. The molecule has 1 fully saturated rings. The summed E-state index contributed by atoms with van der Waals surface area (Å²) >= 11 is 8.29. The highest BCUT2D eigenvalue weighted by Gasteiger charge is 2.55. The standard InChI is InChI=1S/C24H21ClN8O7S2/c1-10(22(36)37)40-31-15(14-18(25)42-24(26)30-14)19(34)29-16-20(35)33-17(23(38)39)13(9-41-21(16)33)8-32-4-2-11(3-5-32)12-6-27-28-7-12/h2-7,10,16,21H,8-9H2,1H3,(H5,26,29,30,34,36,37,38,39)/p+1/t10-,16+,21?/m0/s1. The second-order valence-corrected chi connectivity index (χ2v) is 11.8. The Kier molecular flexibility index (Phi) is 8.15. The SMILES string of the molecule is C[C@H](ON=C(C(=O)N[C@@H]1C(=O)N2C(C(=O)O)=C(C[n+]3ccc(-c4cn[nH]c4)cc3)CSC12)c1nc(N)sc1Cl)C(=O)O. The van der Waals surface area contributed by atoms with E-state index < -0.39 is 47.0 Å². The molecule has 1 saturated heterocycles. The van der Waals surface area contributed by atoms with Crippen LogP contribution in [-0.2, 0) is 30.6 Å². The van der Waals surface area contributed by atoms with E-state index in [9.17, 15) is 24.3 Å². The first kappa shape index (κ1) is 29.0. The highest BCUT2D eigenvalue weighted by Crippen LogP contribution is 2.40. The van der Waals surface area contributed by atoms with E-state index in [2.05, 4.69) is 25.7 Å². The van der Waals surface area contributed by atoms with Crippen LogP contribution in [0.2, 0.25) is 4.34 Å². The Morgan fingerprint density at radius 1 is 1.33 bits per heavy atom. The predicted molar refractivity (Wildman–Crippen MR) is 150 cm³/mol. The molecule has 6 N–H and O–H groups in total. The van der Waals surface area contributed by atoms with Crippen molar-refractivity contribution in [3.63, 3.8) is 0 Å². The number of pyridine rings is 1. The number of hydrogen-bond acceptors (Lipinski definition) is 11. The molecule has 0 spiro atoms. The van der Waals surface area contributed by atoms with Gasteiger partial charge in [0.05, 0.1) is 6.20 Å². The predicted octanol–water partition coefficient (Wildman–Crippen LogP) is 0.689. The number of hydrogen-bond donors (Lipinski definition) is 5. The summed E-state index contributed by atoms with van der Waals surface area (Å²) in [5, 5.41) is 31.3. The van der Waals surface area contributed by atoms with Gasteiger partial charge in [0, 0.05) is 35.2 Å². The summed E-state index contributed by atoms with van der Waals surface area (Å²) in [6.45, 7) is 1.43. The smallest absolute Gasteiger partial charge is 0.352 e. The Bertz CT molecular complexity index is 1620. The summed E-state index contributed by atoms with van der Waals surface area (Å²) in [4.78, 5) is 59.9. The molecular weight excluding hydrogens is 612 g/mol. The first-order valence-corrected chi connectivity index (χ1v) is 14.4. The van der Waals surface area contributed by atoms with Crippen molar-refractivity contribution in [1.29, 1.82) is 0 Å². The molecule has 0 aromatic carbocycles. The van der Waals surface area contributed by atoms with Gasteiger partial charge in [-0.1, -0.05) is 28.1 Å². The van der Waals surface area contributed by atoms with Gasteiger partial charge >= 0.3 is 11.9 Å². The van der Waals surface area contributed by atoms with Crippen molar-refractivity contribution in [3.8, 4) is 11.1 Å². The maximum atomic E-state index is 13.2. The fraction of sp³-hybridized carbons (Fsp3) is 0.250. The summed E-state index contributed by atoms with van der Waals surface area (Å²) in [6, 6.07) is 2.64. The van der Waals surface area contributed by atoms with Crippen LogP contribution in [0, 0.1) is 0 Å². The monoisotopic (exact) mass is 633 g/mol. The number of aromatic nitrogens is 4. The zero-order valence-electron chi connectivity index (χ0n) is 21.6. The lowest BCUT2D eigenvalue weighted by molar-refractivity contribution is -0.689. The van der Waals surface area contributed by atoms with Crippen LogP contribution < -0.4 is 15.6 Å². The average molecular weight is 634 g/mol. The zero-order valence-corrected chi connectivity index (χ0v) is 23.9. The van der Waals surface area contributed by atoms with Gasteiger partial charge < -0.3 is 26.1 Å². The van der Waals surface area contributed by atoms with Crippen LogP contribution in [0.3, 0.4) is 0 Å². The molecule has 3 aromatic rings. The molecule has 18 heteroatoms. The third kappa shape index (κ3) is 5.65. The maximum absolute atomic E-state index is 13.2. The molecule has 1 unspecified atom stereocenters. The number of H-pyrrole nitrogens is 1. The Labute approximate surface area is 250 Å². The number of carboxylic acid groups (broad SMARTS) is 2. The normalized spacial score (nSPS) is 19.1. The molecule has 3 aromatic heterocycles. The van der Waals surface area contributed by atoms with Crippen molar-refractivity contribution in [1.82, 2.24) is 25.4 Å².